The molecule has 0 unspecified atom stereocenters. The zero-order chi connectivity index (χ0) is 20.1. The third kappa shape index (κ3) is 4.97. The highest BCUT2D eigenvalue weighted by molar-refractivity contribution is 7.89. The summed E-state index contributed by atoms with van der Waals surface area (Å²) in [5.74, 6) is -0.138. The first-order valence-electron chi connectivity index (χ1n) is 9.16. The molecule has 0 spiro atoms. The predicted octanol–water partition coefficient (Wildman–Crippen LogP) is 3.09. The standard InChI is InChI=1S/C22H24N2O3S/c1-16-7-8-17(2)21(13-16)28(26,27)24-12-11-23-22(25)15-18-9-10-19-5-3-4-6-20(19)14-18/h3-10,13-14,24H,11-12,15H2,1-2H3,(H,23,25). The number of aryl methyl sites for hydroxylation is 2. The van der Waals surface area contributed by atoms with Crippen LogP contribution in [-0.2, 0) is 21.2 Å². The number of benzene rings is 3. The number of fused-ring (bicyclic) bond motifs is 1. The van der Waals surface area contributed by atoms with Gasteiger partial charge in [0.1, 0.15) is 0 Å². The van der Waals surface area contributed by atoms with E-state index in [9.17, 15) is 13.2 Å². The topological polar surface area (TPSA) is 75.3 Å². The highest BCUT2D eigenvalue weighted by Crippen LogP contribution is 2.17. The smallest absolute Gasteiger partial charge is 0.240 e. The quantitative estimate of drug-likeness (QED) is 0.603. The Labute approximate surface area is 165 Å². The van der Waals surface area contributed by atoms with Crippen molar-refractivity contribution in [3.63, 3.8) is 0 Å². The minimum atomic E-state index is -3.60. The molecule has 1 amide bonds. The number of nitrogens with one attached hydrogen (secondary N) is 2. The minimum Gasteiger partial charge on any atom is -0.355 e. The summed E-state index contributed by atoms with van der Waals surface area (Å²) < 4.78 is 27.4. The van der Waals surface area contributed by atoms with Gasteiger partial charge in [0.25, 0.3) is 0 Å². The molecule has 0 heterocycles. The van der Waals surface area contributed by atoms with E-state index in [-0.39, 0.29) is 30.3 Å². The van der Waals surface area contributed by atoms with Gasteiger partial charge in [-0.25, -0.2) is 13.1 Å². The van der Waals surface area contributed by atoms with Gasteiger partial charge in [-0.3, -0.25) is 4.79 Å². The van der Waals surface area contributed by atoms with E-state index in [0.29, 0.717) is 5.56 Å². The van der Waals surface area contributed by atoms with Gasteiger partial charge in [0.05, 0.1) is 11.3 Å². The van der Waals surface area contributed by atoms with Crippen LogP contribution >= 0.6 is 0 Å². The van der Waals surface area contributed by atoms with Crippen LogP contribution < -0.4 is 10.0 Å². The van der Waals surface area contributed by atoms with Crippen LogP contribution in [0.15, 0.2) is 65.6 Å². The van der Waals surface area contributed by atoms with Gasteiger partial charge < -0.3 is 5.32 Å². The van der Waals surface area contributed by atoms with Gasteiger partial charge in [-0.05, 0) is 47.4 Å². The maximum Gasteiger partial charge on any atom is 0.240 e. The number of carbonyl (C=O) groups excluding carboxylic acids is 1. The minimum absolute atomic E-state index is 0.138. The zero-order valence-electron chi connectivity index (χ0n) is 16.0. The molecule has 0 atom stereocenters. The Morgan fingerprint density at radius 1 is 0.893 bits per heavy atom. The van der Waals surface area contributed by atoms with Crippen molar-refractivity contribution >= 4 is 26.7 Å². The van der Waals surface area contributed by atoms with Crippen molar-refractivity contribution in [2.75, 3.05) is 13.1 Å². The van der Waals surface area contributed by atoms with Gasteiger partial charge in [0.15, 0.2) is 0 Å². The summed E-state index contributed by atoms with van der Waals surface area (Å²) in [4.78, 5) is 12.4. The van der Waals surface area contributed by atoms with Gasteiger partial charge in [0, 0.05) is 13.1 Å². The highest BCUT2D eigenvalue weighted by Gasteiger charge is 2.16. The summed E-state index contributed by atoms with van der Waals surface area (Å²) in [6.45, 7) is 3.99. The second kappa shape index (κ2) is 8.54. The molecule has 28 heavy (non-hydrogen) atoms. The predicted molar refractivity (Wildman–Crippen MR) is 112 cm³/mol. The number of rotatable bonds is 7. The zero-order valence-corrected chi connectivity index (χ0v) is 16.8. The largest absolute Gasteiger partial charge is 0.355 e. The fourth-order valence-electron chi connectivity index (χ4n) is 3.06. The maximum atomic E-state index is 12.4. The third-order valence-corrected chi connectivity index (χ3v) is 6.15. The molecule has 0 aromatic heterocycles. The lowest BCUT2D eigenvalue weighted by Crippen LogP contribution is -2.35. The molecule has 6 heteroatoms. The molecule has 0 fully saturated rings. The van der Waals surface area contributed by atoms with E-state index in [1.165, 1.54) is 0 Å². The Bertz CT molecular complexity index is 1110. The van der Waals surface area contributed by atoms with E-state index >= 15 is 0 Å². The Balaban J connectivity index is 1.51. The second-order valence-corrected chi connectivity index (χ2v) is 8.61. The lowest BCUT2D eigenvalue weighted by Gasteiger charge is -2.11. The number of hydrogen-bond acceptors (Lipinski definition) is 3. The summed E-state index contributed by atoms with van der Waals surface area (Å²) in [7, 11) is -3.60. The van der Waals surface area contributed by atoms with Crippen LogP contribution in [0.2, 0.25) is 0 Å². The molecular weight excluding hydrogens is 372 g/mol. The van der Waals surface area contributed by atoms with Crippen LogP contribution in [0.4, 0.5) is 0 Å². The third-order valence-electron chi connectivity index (χ3n) is 4.55. The van der Waals surface area contributed by atoms with Crippen molar-refractivity contribution in [1.29, 1.82) is 0 Å². The molecule has 0 aliphatic heterocycles. The molecule has 0 aliphatic rings. The molecule has 5 nitrogen and oxygen atoms in total. The molecule has 3 aromatic carbocycles. The molecule has 146 valence electrons. The molecule has 0 aliphatic carbocycles. The van der Waals surface area contributed by atoms with E-state index in [1.54, 1.807) is 19.1 Å². The molecule has 0 radical (unpaired) electrons. The molecule has 3 rings (SSSR count). The van der Waals surface area contributed by atoms with Crippen molar-refractivity contribution in [3.05, 3.63) is 77.4 Å². The van der Waals surface area contributed by atoms with Crippen LogP contribution in [0.25, 0.3) is 10.8 Å². The summed E-state index contributed by atoms with van der Waals surface area (Å²) in [5.41, 5.74) is 2.50. The van der Waals surface area contributed by atoms with Crippen LogP contribution in [-0.4, -0.2) is 27.4 Å². The van der Waals surface area contributed by atoms with Crippen LogP contribution in [0, 0.1) is 13.8 Å². The van der Waals surface area contributed by atoms with Gasteiger partial charge in [-0.15, -0.1) is 0 Å². The van der Waals surface area contributed by atoms with E-state index in [4.69, 9.17) is 0 Å². The molecule has 3 aromatic rings. The first-order chi connectivity index (χ1) is 13.3. The summed E-state index contributed by atoms with van der Waals surface area (Å²) >= 11 is 0. The van der Waals surface area contributed by atoms with Gasteiger partial charge in [-0.1, -0.05) is 54.6 Å². The lowest BCUT2D eigenvalue weighted by molar-refractivity contribution is -0.120. The van der Waals surface area contributed by atoms with Crippen LogP contribution in [0.1, 0.15) is 16.7 Å². The van der Waals surface area contributed by atoms with Crippen LogP contribution in [0.3, 0.4) is 0 Å². The second-order valence-electron chi connectivity index (χ2n) is 6.87. The molecule has 2 N–H and O–H groups in total. The Kier molecular flexibility index (Phi) is 6.11. The summed E-state index contributed by atoms with van der Waals surface area (Å²) in [6, 6.07) is 19.2. The Hall–Kier alpha value is -2.70. The van der Waals surface area contributed by atoms with Gasteiger partial charge >= 0.3 is 0 Å². The van der Waals surface area contributed by atoms with Crippen molar-refractivity contribution in [1.82, 2.24) is 10.0 Å². The average Bonchev–Trinajstić information content (AvgIpc) is 2.67. The van der Waals surface area contributed by atoms with Crippen molar-refractivity contribution in [3.8, 4) is 0 Å². The first-order valence-corrected chi connectivity index (χ1v) is 10.6. The van der Waals surface area contributed by atoms with E-state index < -0.39 is 10.0 Å². The normalized spacial score (nSPS) is 11.5. The molecule has 0 bridgehead atoms. The summed E-state index contributed by atoms with van der Waals surface area (Å²) in [6.07, 6.45) is 0.259. The molecular formula is C22H24N2O3S. The number of carbonyl (C=O) groups is 1. The van der Waals surface area contributed by atoms with Gasteiger partial charge in [0.2, 0.25) is 15.9 Å². The van der Waals surface area contributed by atoms with E-state index in [0.717, 1.165) is 21.9 Å². The number of amides is 1. The molecule has 0 saturated carbocycles. The number of hydrogen-bond donors (Lipinski definition) is 2. The van der Waals surface area contributed by atoms with Gasteiger partial charge in [-0.2, -0.15) is 0 Å². The summed E-state index contributed by atoms with van der Waals surface area (Å²) in [5, 5.41) is 4.99. The van der Waals surface area contributed by atoms with E-state index in [2.05, 4.69) is 10.0 Å². The van der Waals surface area contributed by atoms with E-state index in [1.807, 2.05) is 55.5 Å². The number of sulfonamides is 1. The lowest BCUT2D eigenvalue weighted by atomic mass is 10.1. The van der Waals surface area contributed by atoms with Crippen molar-refractivity contribution in [2.24, 2.45) is 0 Å². The van der Waals surface area contributed by atoms with Crippen molar-refractivity contribution < 1.29 is 13.2 Å². The Morgan fingerprint density at radius 3 is 2.43 bits per heavy atom. The van der Waals surface area contributed by atoms with Crippen molar-refractivity contribution in [2.45, 2.75) is 25.2 Å². The monoisotopic (exact) mass is 396 g/mol. The molecule has 0 saturated heterocycles. The SMILES string of the molecule is Cc1ccc(C)c(S(=O)(=O)NCCNC(=O)Cc2ccc3ccccc3c2)c1. The highest BCUT2D eigenvalue weighted by atomic mass is 32.2. The fraction of sp³-hybridized carbons (Fsp3) is 0.227. The van der Waals surface area contributed by atoms with Crippen LogP contribution in [0.5, 0.6) is 0 Å². The Morgan fingerprint density at radius 2 is 1.64 bits per heavy atom. The first kappa shape index (κ1) is 20.0. The average molecular weight is 397 g/mol. The fourth-order valence-corrected chi connectivity index (χ4v) is 4.42. The maximum absolute atomic E-state index is 12.4.